The van der Waals surface area contributed by atoms with Crippen molar-refractivity contribution in [2.24, 2.45) is 5.92 Å². The van der Waals surface area contributed by atoms with Crippen LogP contribution in [0, 0.1) is 11.7 Å². The second-order valence-electron chi connectivity index (χ2n) is 7.09. The van der Waals surface area contributed by atoms with Crippen molar-refractivity contribution in [3.05, 3.63) is 48.7 Å². The normalized spacial score (nSPS) is 22.4. The largest absolute Gasteiger partial charge is 0.471 e. The van der Waals surface area contributed by atoms with Crippen LogP contribution in [0.1, 0.15) is 19.3 Å². The molecular weight excluding hydrogens is 363 g/mol. The molecule has 2 amide bonds. The maximum Gasteiger partial charge on any atom is 0.232 e. The summed E-state index contributed by atoms with van der Waals surface area (Å²) in [5.74, 6) is -0.460. The summed E-state index contributed by atoms with van der Waals surface area (Å²) in [6.45, 7) is 1.44. The van der Waals surface area contributed by atoms with Crippen molar-refractivity contribution in [2.45, 2.75) is 25.4 Å². The van der Waals surface area contributed by atoms with Crippen molar-refractivity contribution < 1.29 is 18.7 Å². The molecule has 146 valence electrons. The number of aromatic nitrogens is 2. The van der Waals surface area contributed by atoms with Crippen LogP contribution in [0.15, 0.2) is 42.9 Å². The van der Waals surface area contributed by atoms with Crippen molar-refractivity contribution in [2.75, 3.05) is 24.5 Å². The lowest BCUT2D eigenvalue weighted by molar-refractivity contribution is -0.138. The van der Waals surface area contributed by atoms with Gasteiger partial charge in [0.15, 0.2) is 0 Å². The van der Waals surface area contributed by atoms with Crippen molar-refractivity contribution >= 4 is 17.5 Å². The minimum atomic E-state index is -0.396. The van der Waals surface area contributed by atoms with E-state index in [1.165, 1.54) is 12.1 Å². The lowest BCUT2D eigenvalue weighted by Crippen LogP contribution is -2.47. The zero-order chi connectivity index (χ0) is 19.5. The van der Waals surface area contributed by atoms with E-state index in [1.807, 2.05) is 0 Å². The van der Waals surface area contributed by atoms with E-state index in [-0.39, 0.29) is 30.2 Å². The van der Waals surface area contributed by atoms with E-state index in [4.69, 9.17) is 4.74 Å². The summed E-state index contributed by atoms with van der Waals surface area (Å²) < 4.78 is 19.0. The molecule has 3 heterocycles. The summed E-state index contributed by atoms with van der Waals surface area (Å²) >= 11 is 0. The first-order valence-corrected chi connectivity index (χ1v) is 9.37. The predicted octanol–water partition coefficient (Wildman–Crippen LogP) is 2.04. The average molecular weight is 384 g/mol. The van der Waals surface area contributed by atoms with E-state index in [0.717, 1.165) is 12.8 Å². The molecule has 0 bridgehead atoms. The monoisotopic (exact) mass is 384 g/mol. The van der Waals surface area contributed by atoms with Crippen molar-refractivity contribution in [1.29, 1.82) is 0 Å². The summed E-state index contributed by atoms with van der Waals surface area (Å²) in [6.07, 6.45) is 6.40. The van der Waals surface area contributed by atoms with Crippen LogP contribution in [0.2, 0.25) is 0 Å². The number of halogens is 1. The number of likely N-dealkylation sites (tertiary alicyclic amines) is 1. The van der Waals surface area contributed by atoms with Crippen LogP contribution in [0.25, 0.3) is 0 Å². The fourth-order valence-electron chi connectivity index (χ4n) is 3.75. The third-order valence-corrected chi connectivity index (χ3v) is 5.13. The number of amides is 2. The lowest BCUT2D eigenvalue weighted by Gasteiger charge is -2.34. The molecule has 8 heteroatoms. The minimum absolute atomic E-state index is 0.0367. The molecular formula is C20H21FN4O3. The molecule has 0 N–H and O–H groups in total. The Bertz CT molecular complexity index is 846. The first-order valence-electron chi connectivity index (χ1n) is 9.37. The molecule has 2 aliphatic heterocycles. The van der Waals surface area contributed by atoms with E-state index in [9.17, 15) is 14.0 Å². The van der Waals surface area contributed by atoms with Gasteiger partial charge in [0, 0.05) is 37.6 Å². The zero-order valence-electron chi connectivity index (χ0n) is 15.3. The third kappa shape index (κ3) is 3.95. The number of carbonyl (C=O) groups excluding carboxylic acids is 2. The number of nitrogens with zero attached hydrogens (tertiary/aromatic N) is 4. The third-order valence-electron chi connectivity index (χ3n) is 5.13. The van der Waals surface area contributed by atoms with E-state index in [0.29, 0.717) is 31.2 Å². The Kier molecular flexibility index (Phi) is 5.18. The number of benzene rings is 1. The van der Waals surface area contributed by atoms with Crippen molar-refractivity contribution in [3.8, 4) is 5.88 Å². The van der Waals surface area contributed by atoms with Gasteiger partial charge >= 0.3 is 0 Å². The summed E-state index contributed by atoms with van der Waals surface area (Å²) in [5.41, 5.74) is 0.615. The first kappa shape index (κ1) is 18.3. The molecule has 2 unspecified atom stereocenters. The first-order chi connectivity index (χ1) is 13.6. The second kappa shape index (κ2) is 7.92. The van der Waals surface area contributed by atoms with Gasteiger partial charge in [-0.2, -0.15) is 0 Å². The van der Waals surface area contributed by atoms with Crippen molar-refractivity contribution in [3.63, 3.8) is 0 Å². The lowest BCUT2D eigenvalue weighted by atomic mass is 10.0. The summed E-state index contributed by atoms with van der Waals surface area (Å²) in [5, 5.41) is 0. The van der Waals surface area contributed by atoms with Gasteiger partial charge in [0.05, 0.1) is 18.7 Å². The maximum atomic E-state index is 13.1. The number of rotatable bonds is 4. The Morgan fingerprint density at radius 1 is 1.18 bits per heavy atom. The van der Waals surface area contributed by atoms with Crippen LogP contribution in [-0.2, 0) is 9.59 Å². The summed E-state index contributed by atoms with van der Waals surface area (Å²) in [7, 11) is 0. The molecule has 1 aromatic heterocycles. The molecule has 2 aromatic rings. The number of anilines is 1. The van der Waals surface area contributed by atoms with Crippen LogP contribution in [-0.4, -0.2) is 52.4 Å². The number of ether oxygens (including phenoxy) is 1. The highest BCUT2D eigenvalue weighted by Gasteiger charge is 2.38. The number of hydrogen-bond donors (Lipinski definition) is 0. The molecule has 1 aromatic carbocycles. The van der Waals surface area contributed by atoms with Gasteiger partial charge in [-0.15, -0.1) is 0 Å². The molecule has 2 fully saturated rings. The van der Waals surface area contributed by atoms with Gasteiger partial charge in [-0.3, -0.25) is 14.6 Å². The van der Waals surface area contributed by atoms with Crippen molar-refractivity contribution in [1.82, 2.24) is 14.9 Å². The van der Waals surface area contributed by atoms with E-state index in [1.54, 1.807) is 40.5 Å². The van der Waals surface area contributed by atoms with E-state index in [2.05, 4.69) is 9.97 Å². The Labute approximate surface area is 162 Å². The smallest absolute Gasteiger partial charge is 0.232 e. The van der Waals surface area contributed by atoms with Gasteiger partial charge in [0.1, 0.15) is 11.9 Å². The molecule has 7 nitrogen and oxygen atoms in total. The maximum absolute atomic E-state index is 13.1. The topological polar surface area (TPSA) is 75.6 Å². The van der Waals surface area contributed by atoms with Gasteiger partial charge < -0.3 is 14.5 Å². The van der Waals surface area contributed by atoms with Gasteiger partial charge in [-0.05, 0) is 37.1 Å². The Morgan fingerprint density at radius 3 is 2.75 bits per heavy atom. The standard InChI is InChI=1S/C20H21FN4O3/c21-15-3-5-16(6-4-15)25-12-14(10-19(25)26)20(27)24-9-1-2-17(13-24)28-18-11-22-7-8-23-18/h3-8,11,14,17H,1-2,9-10,12-13H2. The summed E-state index contributed by atoms with van der Waals surface area (Å²) in [6, 6.07) is 5.76. The van der Waals surface area contributed by atoms with Gasteiger partial charge in [-0.1, -0.05) is 0 Å². The number of hydrogen-bond acceptors (Lipinski definition) is 5. The highest BCUT2D eigenvalue weighted by Crippen LogP contribution is 2.27. The minimum Gasteiger partial charge on any atom is -0.471 e. The highest BCUT2D eigenvalue weighted by atomic mass is 19.1. The summed E-state index contributed by atoms with van der Waals surface area (Å²) in [4.78, 5) is 36.8. The van der Waals surface area contributed by atoms with Crippen LogP contribution in [0.5, 0.6) is 5.88 Å². The van der Waals surface area contributed by atoms with E-state index < -0.39 is 5.92 Å². The molecule has 0 radical (unpaired) electrons. The second-order valence-corrected chi connectivity index (χ2v) is 7.09. The molecule has 4 rings (SSSR count). The molecule has 28 heavy (non-hydrogen) atoms. The molecule has 0 aliphatic carbocycles. The molecule has 2 aliphatic rings. The van der Waals surface area contributed by atoms with Crippen LogP contribution >= 0.6 is 0 Å². The van der Waals surface area contributed by atoms with E-state index >= 15 is 0 Å². The molecule has 2 atom stereocenters. The Hall–Kier alpha value is -3.03. The predicted molar refractivity (Wildman–Crippen MR) is 99.1 cm³/mol. The fourth-order valence-corrected chi connectivity index (χ4v) is 3.75. The van der Waals surface area contributed by atoms with Gasteiger partial charge in [0.25, 0.3) is 0 Å². The molecule has 0 saturated carbocycles. The number of piperidine rings is 1. The van der Waals surface area contributed by atoms with Gasteiger partial charge in [0.2, 0.25) is 17.7 Å². The quantitative estimate of drug-likeness (QED) is 0.806. The Balaban J connectivity index is 1.38. The van der Waals surface area contributed by atoms with Crippen LogP contribution in [0.4, 0.5) is 10.1 Å². The van der Waals surface area contributed by atoms with Crippen LogP contribution < -0.4 is 9.64 Å². The fraction of sp³-hybridized carbons (Fsp3) is 0.400. The molecule has 0 spiro atoms. The number of carbonyl (C=O) groups is 2. The van der Waals surface area contributed by atoms with Crippen LogP contribution in [0.3, 0.4) is 0 Å². The van der Waals surface area contributed by atoms with Gasteiger partial charge in [-0.25, -0.2) is 9.37 Å². The molecule has 2 saturated heterocycles. The Morgan fingerprint density at radius 2 is 2.00 bits per heavy atom. The highest BCUT2D eigenvalue weighted by molar-refractivity contribution is 6.00. The SMILES string of the molecule is O=C(C1CC(=O)N(c2ccc(F)cc2)C1)N1CCCC(Oc2cnccn2)C1. The zero-order valence-corrected chi connectivity index (χ0v) is 15.3. The average Bonchev–Trinajstić information content (AvgIpc) is 3.10.